The van der Waals surface area contributed by atoms with E-state index >= 15 is 0 Å². The Kier molecular flexibility index (Phi) is 3.88. The molecule has 0 saturated carbocycles. The van der Waals surface area contributed by atoms with Gasteiger partial charge in [0, 0.05) is 16.1 Å². The Hall–Kier alpha value is -2.53. The van der Waals surface area contributed by atoms with Crippen LogP contribution in [0.4, 0.5) is 0 Å². The second kappa shape index (κ2) is 6.08. The highest BCUT2D eigenvalue weighted by Gasteiger charge is 2.21. The Bertz CT molecular complexity index is 1030. The molecule has 1 atom stereocenters. The maximum atomic E-state index is 12.5. The van der Waals surface area contributed by atoms with Crippen molar-refractivity contribution in [3.8, 4) is 0 Å². The molecule has 2 aromatic heterocycles. The van der Waals surface area contributed by atoms with Crippen LogP contribution < -0.4 is 10.9 Å². The van der Waals surface area contributed by atoms with Crippen molar-refractivity contribution in [1.29, 1.82) is 0 Å². The number of nitrogens with one attached hydrogen (secondary N) is 2. The summed E-state index contributed by atoms with van der Waals surface area (Å²) in [5.41, 5.74) is 2.50. The van der Waals surface area contributed by atoms with Crippen LogP contribution in [0.25, 0.3) is 11.0 Å². The number of aromatic nitrogens is 1. The fraction of sp³-hybridized carbons (Fsp3) is 0.263. The molecule has 4 rings (SSSR count). The molecule has 0 unspecified atom stereocenters. The van der Waals surface area contributed by atoms with Crippen LogP contribution in [0.3, 0.4) is 0 Å². The maximum absolute atomic E-state index is 12.5. The van der Waals surface area contributed by atoms with Gasteiger partial charge in [0.15, 0.2) is 0 Å². The fourth-order valence-corrected chi connectivity index (χ4v) is 3.46. The van der Waals surface area contributed by atoms with Crippen molar-refractivity contribution in [2.24, 2.45) is 0 Å². The lowest BCUT2D eigenvalue weighted by Gasteiger charge is -2.11. The normalized spacial score (nSPS) is 14.5. The molecule has 0 spiro atoms. The number of hydrogen-bond donors (Lipinski definition) is 2. The lowest BCUT2D eigenvalue weighted by molar-refractivity contribution is 0.0934. The van der Waals surface area contributed by atoms with E-state index in [1.54, 1.807) is 18.2 Å². The summed E-state index contributed by atoms with van der Waals surface area (Å²) in [5, 5.41) is 4.33. The number of carbonyl (C=O) groups excluding carboxylic acids is 1. The minimum Gasteiger partial charge on any atom is -0.459 e. The molecule has 1 amide bonds. The van der Waals surface area contributed by atoms with Gasteiger partial charge in [0.1, 0.15) is 16.9 Å². The van der Waals surface area contributed by atoms with Crippen LogP contribution in [-0.2, 0) is 12.8 Å². The van der Waals surface area contributed by atoms with Gasteiger partial charge in [-0.1, -0.05) is 11.6 Å². The van der Waals surface area contributed by atoms with Gasteiger partial charge in [-0.25, -0.2) is 0 Å². The number of benzene rings is 1. The summed E-state index contributed by atoms with van der Waals surface area (Å²) in [6.45, 7) is 1.82. The molecule has 1 aromatic carbocycles. The van der Waals surface area contributed by atoms with Crippen molar-refractivity contribution in [2.45, 2.75) is 32.2 Å². The number of fused-ring (bicyclic) bond motifs is 2. The van der Waals surface area contributed by atoms with E-state index in [1.165, 1.54) is 0 Å². The van der Waals surface area contributed by atoms with Crippen molar-refractivity contribution in [1.82, 2.24) is 10.3 Å². The summed E-state index contributed by atoms with van der Waals surface area (Å²) in [7, 11) is 0. The third-order valence-corrected chi connectivity index (χ3v) is 4.84. The van der Waals surface area contributed by atoms with Gasteiger partial charge in [-0.15, -0.1) is 0 Å². The third-order valence-electron chi connectivity index (χ3n) is 4.60. The summed E-state index contributed by atoms with van der Waals surface area (Å²) >= 11 is 5.99. The molecule has 1 aliphatic rings. The average Bonchev–Trinajstić information content (AvgIpc) is 3.19. The van der Waals surface area contributed by atoms with Crippen molar-refractivity contribution in [3.63, 3.8) is 0 Å². The molecular formula is C19H17ClN2O3. The lowest BCUT2D eigenvalue weighted by Crippen LogP contribution is -2.32. The van der Waals surface area contributed by atoms with Crippen LogP contribution in [0.15, 0.2) is 39.5 Å². The number of furan rings is 1. The molecule has 2 heterocycles. The van der Waals surface area contributed by atoms with E-state index in [2.05, 4.69) is 10.3 Å². The summed E-state index contributed by atoms with van der Waals surface area (Å²) in [5.74, 6) is 0.213. The highest BCUT2D eigenvalue weighted by Crippen LogP contribution is 2.26. The molecule has 128 valence electrons. The highest BCUT2D eigenvalue weighted by molar-refractivity contribution is 6.31. The summed E-state index contributed by atoms with van der Waals surface area (Å²) in [6.07, 6.45) is 2.77. The Morgan fingerprint density at radius 2 is 2.12 bits per heavy atom. The predicted octanol–water partition coefficient (Wildman–Crippen LogP) is 3.75. The first-order valence-corrected chi connectivity index (χ1v) is 8.64. The first-order valence-electron chi connectivity index (χ1n) is 8.26. The monoisotopic (exact) mass is 356 g/mol. The zero-order valence-electron chi connectivity index (χ0n) is 13.7. The van der Waals surface area contributed by atoms with Crippen molar-refractivity contribution < 1.29 is 9.21 Å². The number of H-pyrrole nitrogens is 1. The van der Waals surface area contributed by atoms with Gasteiger partial charge in [0.05, 0.1) is 6.04 Å². The van der Waals surface area contributed by atoms with E-state index in [0.717, 1.165) is 35.9 Å². The fourth-order valence-electron chi connectivity index (χ4n) is 3.28. The van der Waals surface area contributed by atoms with Gasteiger partial charge in [-0.05, 0) is 62.1 Å². The second-order valence-corrected chi connectivity index (χ2v) is 6.83. The topological polar surface area (TPSA) is 75.1 Å². The van der Waals surface area contributed by atoms with Gasteiger partial charge in [-0.3, -0.25) is 9.59 Å². The minimum absolute atomic E-state index is 0.145. The smallest absolute Gasteiger partial charge is 0.261 e. The van der Waals surface area contributed by atoms with Crippen LogP contribution in [0.2, 0.25) is 5.02 Å². The molecule has 25 heavy (non-hydrogen) atoms. The zero-order valence-corrected chi connectivity index (χ0v) is 14.4. The van der Waals surface area contributed by atoms with Crippen LogP contribution >= 0.6 is 11.6 Å². The van der Waals surface area contributed by atoms with Crippen molar-refractivity contribution in [2.75, 3.05) is 0 Å². The molecule has 1 aliphatic carbocycles. The maximum Gasteiger partial charge on any atom is 0.261 e. The quantitative estimate of drug-likeness (QED) is 0.750. The SMILES string of the molecule is C[C@H](NC(=O)c1cc2c([nH]c1=O)CCC2)c1cc2cc(Cl)ccc2o1. The van der Waals surface area contributed by atoms with E-state index in [0.29, 0.717) is 16.4 Å². The molecule has 0 saturated heterocycles. The van der Waals surface area contributed by atoms with Crippen LogP contribution in [0.5, 0.6) is 0 Å². The summed E-state index contributed by atoms with van der Waals surface area (Å²) in [4.78, 5) is 27.5. The first kappa shape index (κ1) is 16.0. The molecule has 3 aromatic rings. The third kappa shape index (κ3) is 2.96. The van der Waals surface area contributed by atoms with Gasteiger partial charge in [-0.2, -0.15) is 0 Å². The van der Waals surface area contributed by atoms with Gasteiger partial charge in [0.2, 0.25) is 0 Å². The van der Waals surface area contributed by atoms with E-state index < -0.39 is 5.91 Å². The van der Waals surface area contributed by atoms with E-state index in [4.69, 9.17) is 16.0 Å². The minimum atomic E-state index is -0.401. The molecule has 0 bridgehead atoms. The number of carbonyl (C=O) groups is 1. The van der Waals surface area contributed by atoms with Crippen molar-refractivity contribution >= 4 is 28.5 Å². The molecule has 0 fully saturated rings. The largest absolute Gasteiger partial charge is 0.459 e. The Labute approximate surface area is 149 Å². The Morgan fingerprint density at radius 3 is 2.96 bits per heavy atom. The zero-order chi connectivity index (χ0) is 17.6. The standard InChI is InChI=1S/C19H17ClN2O3/c1-10(17-9-12-7-13(20)5-6-16(12)25-17)21-18(23)14-8-11-3-2-4-15(11)22-19(14)24/h5-10H,2-4H2,1H3,(H,21,23)(H,22,24)/t10-/m0/s1. The van der Waals surface area contributed by atoms with Gasteiger partial charge < -0.3 is 14.7 Å². The highest BCUT2D eigenvalue weighted by atomic mass is 35.5. The number of aryl methyl sites for hydroxylation is 2. The van der Waals surface area contributed by atoms with Gasteiger partial charge in [0.25, 0.3) is 11.5 Å². The van der Waals surface area contributed by atoms with Crippen LogP contribution in [0, 0.1) is 0 Å². The molecule has 0 aliphatic heterocycles. The van der Waals surface area contributed by atoms with Gasteiger partial charge >= 0.3 is 0 Å². The Balaban J connectivity index is 1.58. The van der Waals surface area contributed by atoms with E-state index in [-0.39, 0.29) is 17.2 Å². The lowest BCUT2D eigenvalue weighted by atomic mass is 10.1. The van der Waals surface area contributed by atoms with Crippen LogP contribution in [0.1, 0.15) is 46.8 Å². The van der Waals surface area contributed by atoms with Crippen molar-refractivity contribution in [3.05, 3.63) is 68.3 Å². The Morgan fingerprint density at radius 1 is 1.28 bits per heavy atom. The molecule has 2 N–H and O–H groups in total. The number of aromatic amines is 1. The number of rotatable bonds is 3. The number of halogens is 1. The number of amides is 1. The van der Waals surface area contributed by atoms with E-state index in [9.17, 15) is 9.59 Å². The average molecular weight is 357 g/mol. The molecule has 6 heteroatoms. The predicted molar refractivity (Wildman–Crippen MR) is 96.2 cm³/mol. The van der Waals surface area contributed by atoms with E-state index in [1.807, 2.05) is 19.1 Å². The number of pyridine rings is 1. The molecule has 5 nitrogen and oxygen atoms in total. The summed E-state index contributed by atoms with van der Waals surface area (Å²) < 4.78 is 5.77. The van der Waals surface area contributed by atoms with Crippen LogP contribution in [-0.4, -0.2) is 10.9 Å². The number of hydrogen-bond acceptors (Lipinski definition) is 3. The second-order valence-electron chi connectivity index (χ2n) is 6.40. The summed E-state index contributed by atoms with van der Waals surface area (Å²) in [6, 6.07) is 8.54. The molecular weight excluding hydrogens is 340 g/mol. The molecule has 0 radical (unpaired) electrons. The first-order chi connectivity index (χ1) is 12.0.